The standard InChI is InChI=1S/C11H16/c1-2-9-5-3-6-10-7-4-8-11(9)10/h4,7,9H,2-3,5-6,8H2,1H3. The van der Waals surface area contributed by atoms with Gasteiger partial charge in [-0.25, -0.2) is 0 Å². The van der Waals surface area contributed by atoms with Crippen molar-refractivity contribution in [1.29, 1.82) is 0 Å². The zero-order chi connectivity index (χ0) is 7.68. The Morgan fingerprint density at radius 1 is 1.55 bits per heavy atom. The molecular formula is C11H16. The van der Waals surface area contributed by atoms with Crippen molar-refractivity contribution in [2.24, 2.45) is 5.92 Å². The minimum absolute atomic E-state index is 0.925. The Morgan fingerprint density at radius 3 is 3.27 bits per heavy atom. The van der Waals surface area contributed by atoms with Gasteiger partial charge >= 0.3 is 0 Å². The molecule has 0 fully saturated rings. The normalized spacial score (nSPS) is 29.4. The van der Waals surface area contributed by atoms with Crippen molar-refractivity contribution < 1.29 is 0 Å². The van der Waals surface area contributed by atoms with E-state index in [0.717, 1.165) is 5.92 Å². The van der Waals surface area contributed by atoms with E-state index < -0.39 is 0 Å². The smallest absolute Gasteiger partial charge is 0.0127 e. The second kappa shape index (κ2) is 2.84. The van der Waals surface area contributed by atoms with Gasteiger partial charge in [-0.15, -0.1) is 0 Å². The van der Waals surface area contributed by atoms with Gasteiger partial charge in [0.05, 0.1) is 0 Å². The monoisotopic (exact) mass is 148 g/mol. The number of rotatable bonds is 1. The van der Waals surface area contributed by atoms with E-state index in [2.05, 4.69) is 19.1 Å². The van der Waals surface area contributed by atoms with Crippen LogP contribution in [0.15, 0.2) is 23.3 Å². The second-order valence-corrected chi connectivity index (χ2v) is 3.65. The molecule has 0 heteroatoms. The minimum Gasteiger partial charge on any atom is -0.0802 e. The van der Waals surface area contributed by atoms with Crippen molar-refractivity contribution >= 4 is 0 Å². The summed E-state index contributed by atoms with van der Waals surface area (Å²) in [6.07, 6.45) is 11.5. The van der Waals surface area contributed by atoms with E-state index in [0.29, 0.717) is 0 Å². The second-order valence-electron chi connectivity index (χ2n) is 3.65. The molecule has 1 unspecified atom stereocenters. The molecule has 11 heavy (non-hydrogen) atoms. The lowest BCUT2D eigenvalue weighted by Gasteiger charge is -2.23. The maximum Gasteiger partial charge on any atom is -0.0127 e. The van der Waals surface area contributed by atoms with Crippen molar-refractivity contribution in [3.05, 3.63) is 23.3 Å². The summed E-state index contributed by atoms with van der Waals surface area (Å²) < 4.78 is 0. The largest absolute Gasteiger partial charge is 0.0802 e. The Morgan fingerprint density at radius 2 is 2.45 bits per heavy atom. The third-order valence-electron chi connectivity index (χ3n) is 3.05. The molecule has 0 aromatic rings. The van der Waals surface area contributed by atoms with Crippen molar-refractivity contribution in [1.82, 2.24) is 0 Å². The molecule has 0 saturated carbocycles. The molecule has 0 nitrogen and oxygen atoms in total. The van der Waals surface area contributed by atoms with Crippen LogP contribution in [0.2, 0.25) is 0 Å². The van der Waals surface area contributed by atoms with Crippen LogP contribution in [0, 0.1) is 5.92 Å². The highest BCUT2D eigenvalue weighted by Gasteiger charge is 2.21. The van der Waals surface area contributed by atoms with Crippen LogP contribution in [0.5, 0.6) is 0 Å². The van der Waals surface area contributed by atoms with Gasteiger partial charge in [-0.1, -0.05) is 24.6 Å². The van der Waals surface area contributed by atoms with E-state index in [1.54, 1.807) is 11.1 Å². The van der Waals surface area contributed by atoms with Gasteiger partial charge < -0.3 is 0 Å². The average molecular weight is 148 g/mol. The van der Waals surface area contributed by atoms with Gasteiger partial charge in [0.1, 0.15) is 0 Å². The summed E-state index contributed by atoms with van der Waals surface area (Å²) >= 11 is 0. The predicted octanol–water partition coefficient (Wildman–Crippen LogP) is 3.45. The molecule has 0 saturated heterocycles. The lowest BCUT2D eigenvalue weighted by molar-refractivity contribution is 0.485. The molecule has 60 valence electrons. The maximum atomic E-state index is 2.34. The van der Waals surface area contributed by atoms with Gasteiger partial charge in [0.2, 0.25) is 0 Å². The molecule has 0 spiro atoms. The Labute approximate surface area is 69.0 Å². The highest BCUT2D eigenvalue weighted by molar-refractivity contribution is 5.36. The van der Waals surface area contributed by atoms with Crippen LogP contribution in [0.1, 0.15) is 39.0 Å². The molecule has 0 aliphatic heterocycles. The number of hydrogen-bond donors (Lipinski definition) is 0. The van der Waals surface area contributed by atoms with Gasteiger partial charge in [-0.05, 0) is 43.6 Å². The van der Waals surface area contributed by atoms with Crippen LogP contribution in [-0.2, 0) is 0 Å². The molecule has 0 radical (unpaired) electrons. The van der Waals surface area contributed by atoms with Crippen LogP contribution in [-0.4, -0.2) is 0 Å². The summed E-state index contributed by atoms with van der Waals surface area (Å²) in [5.74, 6) is 0.925. The van der Waals surface area contributed by atoms with Crippen LogP contribution < -0.4 is 0 Å². The van der Waals surface area contributed by atoms with Gasteiger partial charge in [-0.3, -0.25) is 0 Å². The Bertz CT molecular complexity index is 208. The molecule has 1 atom stereocenters. The molecule has 2 aliphatic carbocycles. The van der Waals surface area contributed by atoms with Crippen molar-refractivity contribution in [2.45, 2.75) is 39.0 Å². The summed E-state index contributed by atoms with van der Waals surface area (Å²) in [4.78, 5) is 0. The summed E-state index contributed by atoms with van der Waals surface area (Å²) in [5.41, 5.74) is 3.43. The van der Waals surface area contributed by atoms with E-state index in [-0.39, 0.29) is 0 Å². The molecule has 2 aliphatic rings. The molecule has 0 aromatic carbocycles. The van der Waals surface area contributed by atoms with E-state index in [9.17, 15) is 0 Å². The first-order valence-electron chi connectivity index (χ1n) is 4.80. The van der Waals surface area contributed by atoms with Crippen LogP contribution >= 0.6 is 0 Å². The zero-order valence-electron chi connectivity index (χ0n) is 7.27. The third-order valence-corrected chi connectivity index (χ3v) is 3.05. The maximum absolute atomic E-state index is 2.34. The van der Waals surface area contributed by atoms with Gasteiger partial charge in [-0.2, -0.15) is 0 Å². The fourth-order valence-electron chi connectivity index (χ4n) is 2.40. The quantitative estimate of drug-likeness (QED) is 0.534. The van der Waals surface area contributed by atoms with Crippen molar-refractivity contribution in [3.8, 4) is 0 Å². The number of allylic oxidation sites excluding steroid dienone is 4. The first-order valence-corrected chi connectivity index (χ1v) is 4.80. The first-order chi connectivity index (χ1) is 5.42. The predicted molar refractivity (Wildman–Crippen MR) is 48.4 cm³/mol. The van der Waals surface area contributed by atoms with Crippen LogP contribution in [0.25, 0.3) is 0 Å². The molecule has 0 amide bonds. The lowest BCUT2D eigenvalue weighted by atomic mass is 9.82. The van der Waals surface area contributed by atoms with E-state index >= 15 is 0 Å². The summed E-state index contributed by atoms with van der Waals surface area (Å²) in [7, 11) is 0. The SMILES string of the molecule is CCC1CCCC2=C1CC=C2. The summed E-state index contributed by atoms with van der Waals surface area (Å²) in [6, 6.07) is 0. The summed E-state index contributed by atoms with van der Waals surface area (Å²) in [6.45, 7) is 2.32. The zero-order valence-corrected chi connectivity index (χ0v) is 7.27. The van der Waals surface area contributed by atoms with E-state index in [1.807, 2.05) is 0 Å². The topological polar surface area (TPSA) is 0 Å². The fourth-order valence-corrected chi connectivity index (χ4v) is 2.40. The lowest BCUT2D eigenvalue weighted by Crippen LogP contribution is -2.08. The highest BCUT2D eigenvalue weighted by atomic mass is 14.3. The van der Waals surface area contributed by atoms with Gasteiger partial charge in [0.25, 0.3) is 0 Å². The highest BCUT2D eigenvalue weighted by Crippen LogP contribution is 2.38. The molecule has 0 bridgehead atoms. The van der Waals surface area contributed by atoms with Crippen LogP contribution in [0.3, 0.4) is 0 Å². The van der Waals surface area contributed by atoms with Crippen molar-refractivity contribution in [2.75, 3.05) is 0 Å². The first kappa shape index (κ1) is 7.15. The van der Waals surface area contributed by atoms with Gasteiger partial charge in [0.15, 0.2) is 0 Å². The summed E-state index contributed by atoms with van der Waals surface area (Å²) in [5, 5.41) is 0. The Hall–Kier alpha value is -0.520. The molecule has 0 heterocycles. The molecule has 0 N–H and O–H groups in total. The molecular weight excluding hydrogens is 132 g/mol. The molecule has 2 rings (SSSR count). The third kappa shape index (κ3) is 1.15. The Balaban J connectivity index is 2.21. The van der Waals surface area contributed by atoms with Crippen LogP contribution in [0.4, 0.5) is 0 Å². The number of hydrogen-bond acceptors (Lipinski definition) is 0. The fraction of sp³-hybridized carbons (Fsp3) is 0.636. The van der Waals surface area contributed by atoms with E-state index in [1.165, 1.54) is 32.1 Å². The van der Waals surface area contributed by atoms with Crippen molar-refractivity contribution in [3.63, 3.8) is 0 Å². The minimum atomic E-state index is 0.925. The van der Waals surface area contributed by atoms with E-state index in [4.69, 9.17) is 0 Å². The molecule has 0 aromatic heterocycles. The Kier molecular flexibility index (Phi) is 1.85. The average Bonchev–Trinajstić information content (AvgIpc) is 2.50. The van der Waals surface area contributed by atoms with Gasteiger partial charge in [0, 0.05) is 0 Å².